The highest BCUT2D eigenvalue weighted by atomic mass is 79.9. The van der Waals surface area contributed by atoms with Crippen molar-refractivity contribution in [1.29, 1.82) is 0 Å². The summed E-state index contributed by atoms with van der Waals surface area (Å²) in [5.41, 5.74) is 0.964. The van der Waals surface area contributed by atoms with E-state index in [1.54, 1.807) is 0 Å². The molecule has 0 unspecified atom stereocenters. The molecule has 1 rings (SSSR count). The number of rotatable bonds is 2. The van der Waals surface area contributed by atoms with Crippen LogP contribution in [0.4, 0.5) is 0 Å². The Kier molecular flexibility index (Phi) is 2.56. The molecule has 2 nitrogen and oxygen atoms in total. The number of thiazole rings is 1. The number of hydrogen-bond acceptors (Lipinski definition) is 3. The summed E-state index contributed by atoms with van der Waals surface area (Å²) in [5.74, 6) is 0. The fourth-order valence-electron chi connectivity index (χ4n) is 0.557. The molecule has 0 N–H and O–H groups in total. The van der Waals surface area contributed by atoms with E-state index in [2.05, 4.69) is 20.9 Å². The lowest BCUT2D eigenvalue weighted by Gasteiger charge is -1.91. The van der Waals surface area contributed by atoms with E-state index < -0.39 is 0 Å². The van der Waals surface area contributed by atoms with Crippen LogP contribution in [0.3, 0.4) is 0 Å². The van der Waals surface area contributed by atoms with Gasteiger partial charge >= 0.3 is 0 Å². The molecule has 1 atom stereocenters. The van der Waals surface area contributed by atoms with Gasteiger partial charge in [-0.2, -0.15) is 0 Å². The predicted octanol–water partition coefficient (Wildman–Crippen LogP) is 2.09. The number of alkyl halides is 1. The van der Waals surface area contributed by atoms with Crippen molar-refractivity contribution in [1.82, 2.24) is 4.98 Å². The van der Waals surface area contributed by atoms with Crippen LogP contribution in [-0.2, 0) is 4.79 Å². The molecule has 1 aromatic rings. The summed E-state index contributed by atoms with van der Waals surface area (Å²) in [7, 11) is 0. The summed E-state index contributed by atoms with van der Waals surface area (Å²) in [5, 5.41) is 2.75. The number of carbonyl (C=O) groups excluding carboxylic acids is 1. The molecule has 0 amide bonds. The van der Waals surface area contributed by atoms with Crippen LogP contribution in [0.5, 0.6) is 0 Å². The molecule has 0 bridgehead atoms. The molecule has 0 fully saturated rings. The Balaban J connectivity index is 2.84. The normalized spacial score (nSPS) is 13.0. The van der Waals surface area contributed by atoms with E-state index in [0.717, 1.165) is 17.0 Å². The quantitative estimate of drug-likeness (QED) is 0.564. The molecule has 0 aliphatic rings. The minimum absolute atomic E-state index is 0.230. The Morgan fingerprint density at radius 3 is 3.00 bits per heavy atom. The van der Waals surface area contributed by atoms with Gasteiger partial charge in [-0.25, -0.2) is 4.98 Å². The number of aromatic nitrogens is 1. The van der Waals surface area contributed by atoms with Crippen LogP contribution in [0.2, 0.25) is 0 Å². The third-order valence-electron chi connectivity index (χ3n) is 0.992. The molecule has 1 heterocycles. The van der Waals surface area contributed by atoms with E-state index in [1.165, 1.54) is 11.3 Å². The van der Waals surface area contributed by atoms with Crippen molar-refractivity contribution in [2.24, 2.45) is 0 Å². The van der Waals surface area contributed by atoms with Gasteiger partial charge in [-0.15, -0.1) is 11.3 Å². The Hall–Kier alpha value is -0.220. The fourth-order valence-corrected chi connectivity index (χ4v) is 1.71. The number of aryl methyl sites for hydroxylation is 1. The standard InChI is InChI=1S/C6H6BrNOS/c1-4-3-10-6(8-4)5(7)2-9/h2-3,5H,1H3/t5-/m0/s1. The van der Waals surface area contributed by atoms with Crippen LogP contribution >= 0.6 is 27.3 Å². The fraction of sp³-hybridized carbons (Fsp3) is 0.333. The predicted molar refractivity (Wildman–Crippen MR) is 44.6 cm³/mol. The molecule has 0 radical (unpaired) electrons. The SMILES string of the molecule is Cc1csc([C@@H](Br)C=O)n1. The van der Waals surface area contributed by atoms with Crippen LogP contribution in [0, 0.1) is 6.92 Å². The molecule has 54 valence electrons. The highest BCUT2D eigenvalue weighted by Gasteiger charge is 2.08. The summed E-state index contributed by atoms with van der Waals surface area (Å²) >= 11 is 4.67. The van der Waals surface area contributed by atoms with E-state index in [9.17, 15) is 4.79 Å². The minimum atomic E-state index is -0.230. The van der Waals surface area contributed by atoms with Crippen LogP contribution in [-0.4, -0.2) is 11.3 Å². The van der Waals surface area contributed by atoms with E-state index >= 15 is 0 Å². The maximum Gasteiger partial charge on any atom is 0.140 e. The van der Waals surface area contributed by atoms with E-state index in [0.29, 0.717) is 0 Å². The van der Waals surface area contributed by atoms with Gasteiger partial charge in [0.05, 0.1) is 0 Å². The van der Waals surface area contributed by atoms with Crippen molar-refractivity contribution >= 4 is 33.6 Å². The Morgan fingerprint density at radius 1 is 1.90 bits per heavy atom. The molecule has 0 aliphatic heterocycles. The summed E-state index contributed by atoms with van der Waals surface area (Å²) in [6.07, 6.45) is 0.832. The second-order valence-electron chi connectivity index (χ2n) is 1.86. The van der Waals surface area contributed by atoms with E-state index in [1.807, 2.05) is 12.3 Å². The van der Waals surface area contributed by atoms with Crippen LogP contribution < -0.4 is 0 Å². The highest BCUT2D eigenvalue weighted by molar-refractivity contribution is 9.09. The minimum Gasteiger partial charge on any atom is -0.302 e. The topological polar surface area (TPSA) is 30.0 Å². The van der Waals surface area contributed by atoms with Gasteiger partial charge in [0.15, 0.2) is 0 Å². The summed E-state index contributed by atoms with van der Waals surface area (Å²) in [4.78, 5) is 14.1. The molecule has 4 heteroatoms. The maximum absolute atomic E-state index is 10.2. The Labute approximate surface area is 71.4 Å². The van der Waals surface area contributed by atoms with Gasteiger partial charge in [-0.3, -0.25) is 0 Å². The van der Waals surface area contributed by atoms with Crippen LogP contribution in [0.1, 0.15) is 15.5 Å². The van der Waals surface area contributed by atoms with E-state index in [4.69, 9.17) is 0 Å². The number of carbonyl (C=O) groups is 1. The zero-order chi connectivity index (χ0) is 7.56. The van der Waals surface area contributed by atoms with Gasteiger partial charge in [0, 0.05) is 11.1 Å². The molecule has 10 heavy (non-hydrogen) atoms. The highest BCUT2D eigenvalue weighted by Crippen LogP contribution is 2.23. The largest absolute Gasteiger partial charge is 0.302 e. The van der Waals surface area contributed by atoms with Crippen molar-refractivity contribution in [2.75, 3.05) is 0 Å². The summed E-state index contributed by atoms with van der Waals surface area (Å²) in [6, 6.07) is 0. The van der Waals surface area contributed by atoms with Crippen molar-refractivity contribution in [3.8, 4) is 0 Å². The average Bonchev–Trinajstić information content (AvgIpc) is 2.34. The first-order chi connectivity index (χ1) is 4.74. The van der Waals surface area contributed by atoms with Crippen LogP contribution in [0.25, 0.3) is 0 Å². The molecule has 0 spiro atoms. The van der Waals surface area contributed by atoms with Crippen molar-refractivity contribution < 1.29 is 4.79 Å². The third-order valence-corrected chi connectivity index (χ3v) is 2.99. The van der Waals surface area contributed by atoms with Gasteiger partial charge in [0.1, 0.15) is 16.1 Å². The Morgan fingerprint density at radius 2 is 2.60 bits per heavy atom. The molecule has 0 aliphatic carbocycles. The molecule has 0 saturated carbocycles. The van der Waals surface area contributed by atoms with Crippen LogP contribution in [0.15, 0.2) is 5.38 Å². The monoisotopic (exact) mass is 219 g/mol. The Bertz CT molecular complexity index is 235. The lowest BCUT2D eigenvalue weighted by molar-refractivity contribution is -0.107. The first kappa shape index (κ1) is 7.88. The van der Waals surface area contributed by atoms with Crippen molar-refractivity contribution in [3.63, 3.8) is 0 Å². The van der Waals surface area contributed by atoms with Gasteiger partial charge < -0.3 is 4.79 Å². The van der Waals surface area contributed by atoms with Gasteiger partial charge in [-0.1, -0.05) is 15.9 Å². The first-order valence-electron chi connectivity index (χ1n) is 2.75. The van der Waals surface area contributed by atoms with Crippen molar-refractivity contribution in [3.05, 3.63) is 16.1 Å². The second kappa shape index (κ2) is 3.25. The summed E-state index contributed by atoms with van der Waals surface area (Å²) in [6.45, 7) is 1.91. The van der Waals surface area contributed by atoms with E-state index in [-0.39, 0.29) is 4.83 Å². The first-order valence-corrected chi connectivity index (χ1v) is 4.55. The molecule has 1 aromatic heterocycles. The lowest BCUT2D eigenvalue weighted by atomic mass is 10.5. The second-order valence-corrected chi connectivity index (χ2v) is 3.74. The smallest absolute Gasteiger partial charge is 0.140 e. The van der Waals surface area contributed by atoms with Crippen molar-refractivity contribution in [2.45, 2.75) is 11.8 Å². The number of aldehydes is 1. The lowest BCUT2D eigenvalue weighted by Crippen LogP contribution is -1.88. The molecule has 0 saturated heterocycles. The van der Waals surface area contributed by atoms with Gasteiger partial charge in [0.25, 0.3) is 0 Å². The van der Waals surface area contributed by atoms with Gasteiger partial charge in [0.2, 0.25) is 0 Å². The number of hydrogen-bond donors (Lipinski definition) is 0. The molecular weight excluding hydrogens is 214 g/mol. The summed E-state index contributed by atoms with van der Waals surface area (Å²) < 4.78 is 0. The number of halogens is 1. The maximum atomic E-state index is 10.2. The number of nitrogens with zero attached hydrogens (tertiary/aromatic N) is 1. The third kappa shape index (κ3) is 1.64. The van der Waals surface area contributed by atoms with Gasteiger partial charge in [-0.05, 0) is 6.92 Å². The zero-order valence-electron chi connectivity index (χ0n) is 5.37. The molecule has 0 aromatic carbocycles. The zero-order valence-corrected chi connectivity index (χ0v) is 7.78. The molecular formula is C6H6BrNOS. The average molecular weight is 220 g/mol.